The summed E-state index contributed by atoms with van der Waals surface area (Å²) in [6, 6.07) is 7.85. The van der Waals surface area contributed by atoms with E-state index >= 15 is 0 Å². The van der Waals surface area contributed by atoms with E-state index in [9.17, 15) is 4.79 Å². The van der Waals surface area contributed by atoms with E-state index in [-0.39, 0.29) is 24.3 Å². The maximum Gasteiger partial charge on any atom is 0.410 e. The summed E-state index contributed by atoms with van der Waals surface area (Å²) in [6.45, 7) is 19.0. The Morgan fingerprint density at radius 3 is 2.22 bits per heavy atom. The number of carbonyl (C=O) groups excluding carboxylic acids is 1. The first-order valence-corrected chi connectivity index (χ1v) is 14.9. The zero-order valence-corrected chi connectivity index (χ0v) is 22.2. The molecule has 0 fully saturated rings. The SMILES string of the molecule is CCOC(=O)N(CC(COc1ccc(COCCOC(C)C)cc1)O[Si](C)(C)C)C(C)C. The summed E-state index contributed by atoms with van der Waals surface area (Å²) in [5.41, 5.74) is 1.07. The van der Waals surface area contributed by atoms with Gasteiger partial charge in [0.1, 0.15) is 12.4 Å². The van der Waals surface area contributed by atoms with Crippen LogP contribution in [0.2, 0.25) is 19.6 Å². The van der Waals surface area contributed by atoms with Crippen molar-refractivity contribution in [1.82, 2.24) is 4.90 Å². The van der Waals surface area contributed by atoms with Crippen molar-refractivity contribution in [3.63, 3.8) is 0 Å². The average Bonchev–Trinajstić information content (AvgIpc) is 2.69. The smallest absolute Gasteiger partial charge is 0.410 e. The third-order valence-electron chi connectivity index (χ3n) is 4.35. The van der Waals surface area contributed by atoms with Crippen LogP contribution in [0.25, 0.3) is 0 Å². The Labute approximate surface area is 195 Å². The molecule has 0 aliphatic carbocycles. The van der Waals surface area contributed by atoms with Gasteiger partial charge in [0.25, 0.3) is 0 Å². The quantitative estimate of drug-likeness (QED) is 0.263. The fraction of sp³-hybridized carbons (Fsp3) is 0.708. The first-order chi connectivity index (χ1) is 15.0. The summed E-state index contributed by atoms with van der Waals surface area (Å²) in [5, 5.41) is 0. The third kappa shape index (κ3) is 12.4. The molecular weight excluding hydrogens is 426 g/mol. The molecule has 0 radical (unpaired) electrons. The molecule has 1 aromatic rings. The van der Waals surface area contributed by atoms with Gasteiger partial charge in [0, 0.05) is 6.04 Å². The van der Waals surface area contributed by atoms with Gasteiger partial charge in [-0.15, -0.1) is 0 Å². The normalized spacial score (nSPS) is 12.8. The van der Waals surface area contributed by atoms with Crippen molar-refractivity contribution in [2.45, 2.75) is 79.1 Å². The van der Waals surface area contributed by atoms with Crippen LogP contribution in [0, 0.1) is 0 Å². The van der Waals surface area contributed by atoms with Gasteiger partial charge in [-0.3, -0.25) is 0 Å². The highest BCUT2D eigenvalue weighted by atomic mass is 28.4. The molecule has 1 atom stereocenters. The molecule has 0 aromatic heterocycles. The van der Waals surface area contributed by atoms with Crippen LogP contribution >= 0.6 is 0 Å². The first-order valence-electron chi connectivity index (χ1n) is 11.5. The molecule has 0 heterocycles. The van der Waals surface area contributed by atoms with Gasteiger partial charge in [-0.1, -0.05) is 12.1 Å². The van der Waals surface area contributed by atoms with Crippen molar-refractivity contribution in [3.05, 3.63) is 29.8 Å². The lowest BCUT2D eigenvalue weighted by Crippen LogP contribution is -2.47. The van der Waals surface area contributed by atoms with Gasteiger partial charge in [0.2, 0.25) is 0 Å². The highest BCUT2D eigenvalue weighted by Crippen LogP contribution is 2.16. The lowest BCUT2D eigenvalue weighted by Gasteiger charge is -2.33. The molecule has 1 aromatic carbocycles. The highest BCUT2D eigenvalue weighted by Gasteiger charge is 2.27. The number of rotatable bonds is 15. The first kappa shape index (κ1) is 28.4. The van der Waals surface area contributed by atoms with Gasteiger partial charge in [-0.05, 0) is 72.0 Å². The summed E-state index contributed by atoms with van der Waals surface area (Å²) < 4.78 is 28.7. The van der Waals surface area contributed by atoms with Gasteiger partial charge < -0.3 is 28.3 Å². The van der Waals surface area contributed by atoms with Crippen LogP contribution in [0.5, 0.6) is 5.75 Å². The van der Waals surface area contributed by atoms with Crippen LogP contribution in [0.3, 0.4) is 0 Å². The molecule has 1 unspecified atom stereocenters. The van der Waals surface area contributed by atoms with Crippen LogP contribution in [0.15, 0.2) is 24.3 Å². The number of hydrogen-bond acceptors (Lipinski definition) is 6. The minimum atomic E-state index is -1.84. The second-order valence-electron chi connectivity index (χ2n) is 9.22. The third-order valence-corrected chi connectivity index (χ3v) is 5.39. The Morgan fingerprint density at radius 2 is 1.69 bits per heavy atom. The van der Waals surface area contributed by atoms with Crippen LogP contribution in [-0.4, -0.2) is 70.5 Å². The van der Waals surface area contributed by atoms with Crippen LogP contribution < -0.4 is 4.74 Å². The molecular formula is C24H43NO6Si. The fourth-order valence-electron chi connectivity index (χ4n) is 2.95. The average molecular weight is 470 g/mol. The van der Waals surface area contributed by atoms with Crippen LogP contribution in [0.1, 0.15) is 40.2 Å². The van der Waals surface area contributed by atoms with Gasteiger partial charge in [-0.2, -0.15) is 0 Å². The maximum atomic E-state index is 12.4. The second kappa shape index (κ2) is 14.5. The largest absolute Gasteiger partial charge is 0.491 e. The molecule has 0 saturated heterocycles. The van der Waals surface area contributed by atoms with Gasteiger partial charge in [0.15, 0.2) is 8.32 Å². The van der Waals surface area contributed by atoms with Gasteiger partial charge in [0.05, 0.1) is 45.2 Å². The molecule has 8 heteroatoms. The van der Waals surface area contributed by atoms with Crippen LogP contribution in [-0.2, 0) is 25.2 Å². The van der Waals surface area contributed by atoms with Crippen molar-refractivity contribution in [3.8, 4) is 5.75 Å². The molecule has 184 valence electrons. The van der Waals surface area contributed by atoms with Crippen molar-refractivity contribution < 1.29 is 28.2 Å². The molecule has 1 amide bonds. The van der Waals surface area contributed by atoms with E-state index in [1.807, 2.05) is 58.9 Å². The Balaban J connectivity index is 2.64. The fourth-order valence-corrected chi connectivity index (χ4v) is 4.09. The Bertz CT molecular complexity index is 645. The summed E-state index contributed by atoms with van der Waals surface area (Å²) >= 11 is 0. The number of nitrogens with zero attached hydrogens (tertiary/aromatic N) is 1. The summed E-state index contributed by atoms with van der Waals surface area (Å²) in [7, 11) is -1.84. The predicted octanol–water partition coefficient (Wildman–Crippen LogP) is 5.09. The van der Waals surface area contributed by atoms with Crippen molar-refractivity contribution in [2.75, 3.05) is 33.0 Å². The molecule has 7 nitrogen and oxygen atoms in total. The van der Waals surface area contributed by atoms with Gasteiger partial charge in [-0.25, -0.2) is 4.79 Å². The Hall–Kier alpha value is -1.61. The number of ether oxygens (including phenoxy) is 4. The Kier molecular flexibility index (Phi) is 12.9. The molecule has 0 spiro atoms. The molecule has 0 bridgehead atoms. The minimum Gasteiger partial charge on any atom is -0.491 e. The number of hydrogen-bond donors (Lipinski definition) is 0. The van der Waals surface area contributed by atoms with Crippen molar-refractivity contribution in [2.24, 2.45) is 0 Å². The maximum absolute atomic E-state index is 12.4. The summed E-state index contributed by atoms with van der Waals surface area (Å²) in [4.78, 5) is 14.1. The van der Waals surface area contributed by atoms with E-state index in [4.69, 9.17) is 23.4 Å². The van der Waals surface area contributed by atoms with E-state index < -0.39 is 8.32 Å². The molecule has 0 aliphatic rings. The van der Waals surface area contributed by atoms with Crippen molar-refractivity contribution in [1.29, 1.82) is 0 Å². The molecule has 0 aliphatic heterocycles. The van der Waals surface area contributed by atoms with Gasteiger partial charge >= 0.3 is 6.09 Å². The standard InChI is InChI=1S/C24H43NO6Si/c1-9-28-24(26)25(19(2)3)16-23(31-32(6,7)8)18-30-22-12-10-21(11-13-22)17-27-14-15-29-20(4)5/h10-13,19-20,23H,9,14-18H2,1-8H3. The second-order valence-corrected chi connectivity index (χ2v) is 13.7. The van der Waals surface area contributed by atoms with E-state index in [2.05, 4.69) is 19.6 Å². The number of amides is 1. The number of benzene rings is 1. The number of carbonyl (C=O) groups is 1. The molecule has 32 heavy (non-hydrogen) atoms. The molecule has 1 rings (SSSR count). The zero-order chi connectivity index (χ0) is 24.1. The minimum absolute atomic E-state index is 0.00649. The highest BCUT2D eigenvalue weighted by molar-refractivity contribution is 6.69. The van der Waals surface area contributed by atoms with E-state index in [0.29, 0.717) is 39.6 Å². The van der Waals surface area contributed by atoms with Crippen LogP contribution in [0.4, 0.5) is 4.79 Å². The summed E-state index contributed by atoms with van der Waals surface area (Å²) in [6.07, 6.45) is -0.346. The lowest BCUT2D eigenvalue weighted by molar-refractivity contribution is 0.0143. The van der Waals surface area contributed by atoms with Crippen molar-refractivity contribution >= 4 is 14.4 Å². The van der Waals surface area contributed by atoms with E-state index in [1.165, 1.54) is 0 Å². The topological polar surface area (TPSA) is 66.5 Å². The Morgan fingerprint density at radius 1 is 1.03 bits per heavy atom. The lowest BCUT2D eigenvalue weighted by atomic mass is 10.2. The molecule has 0 N–H and O–H groups in total. The zero-order valence-electron chi connectivity index (χ0n) is 21.2. The summed E-state index contributed by atoms with van der Waals surface area (Å²) in [5.74, 6) is 0.758. The predicted molar refractivity (Wildman–Crippen MR) is 130 cm³/mol. The monoisotopic (exact) mass is 469 g/mol. The van der Waals surface area contributed by atoms with E-state index in [0.717, 1.165) is 11.3 Å². The van der Waals surface area contributed by atoms with E-state index in [1.54, 1.807) is 4.90 Å². The molecule has 0 saturated carbocycles.